The third-order valence-corrected chi connectivity index (χ3v) is 3.89. The maximum atomic E-state index is 12.5. The summed E-state index contributed by atoms with van der Waals surface area (Å²) in [4.78, 5) is 23.1. The van der Waals surface area contributed by atoms with E-state index in [4.69, 9.17) is 5.11 Å². The topological polar surface area (TPSA) is 66.4 Å². The minimum absolute atomic E-state index is 0.00572. The summed E-state index contributed by atoms with van der Waals surface area (Å²) < 4.78 is 37.5. The molecule has 2 N–H and O–H groups in total. The second-order valence-corrected chi connectivity index (χ2v) is 5.76. The number of carbonyl (C=O) groups excluding carboxylic acids is 1. The van der Waals surface area contributed by atoms with Crippen molar-refractivity contribution in [2.75, 3.05) is 0 Å². The first kappa shape index (κ1) is 19.0. The average Bonchev–Trinajstić information content (AvgIpc) is 2.45. The Kier molecular flexibility index (Phi) is 5.80. The summed E-state index contributed by atoms with van der Waals surface area (Å²) in [6.45, 7) is 4.76. The van der Waals surface area contributed by atoms with Gasteiger partial charge in [0.05, 0.1) is 5.56 Å². The van der Waals surface area contributed by atoms with Gasteiger partial charge in [-0.3, -0.25) is 4.79 Å². The highest BCUT2D eigenvalue weighted by Gasteiger charge is 2.33. The molecular formula is C16H20F3NO3. The molecule has 1 aromatic carbocycles. The molecule has 1 amide bonds. The molecule has 0 saturated heterocycles. The maximum absolute atomic E-state index is 12.5. The van der Waals surface area contributed by atoms with E-state index < -0.39 is 29.2 Å². The van der Waals surface area contributed by atoms with Crippen LogP contribution in [-0.2, 0) is 15.8 Å². The van der Waals surface area contributed by atoms with Gasteiger partial charge >= 0.3 is 12.1 Å². The van der Waals surface area contributed by atoms with Crippen LogP contribution in [0.4, 0.5) is 13.2 Å². The van der Waals surface area contributed by atoms with Crippen LogP contribution in [0, 0.1) is 0 Å². The van der Waals surface area contributed by atoms with Crippen molar-refractivity contribution in [2.45, 2.75) is 51.2 Å². The molecule has 0 saturated carbocycles. The van der Waals surface area contributed by atoms with Crippen LogP contribution < -0.4 is 5.32 Å². The molecule has 0 aromatic heterocycles. The Morgan fingerprint density at radius 2 is 1.74 bits per heavy atom. The fourth-order valence-electron chi connectivity index (χ4n) is 2.05. The highest BCUT2D eigenvalue weighted by molar-refractivity contribution is 5.86. The first-order valence-corrected chi connectivity index (χ1v) is 7.21. The molecule has 0 spiro atoms. The van der Waals surface area contributed by atoms with Gasteiger partial charge in [0.25, 0.3) is 0 Å². The molecule has 0 aliphatic heterocycles. The lowest BCUT2D eigenvalue weighted by Crippen LogP contribution is -2.51. The van der Waals surface area contributed by atoms with Crippen LogP contribution in [0.25, 0.3) is 0 Å². The first-order chi connectivity index (χ1) is 10.5. The van der Waals surface area contributed by atoms with Gasteiger partial charge in [-0.15, -0.1) is 0 Å². The van der Waals surface area contributed by atoms with Crippen molar-refractivity contribution in [2.24, 2.45) is 0 Å². The standard InChI is InChI=1S/C16H20F3NO3/c1-4-15(3,14(22)23)20-13(21)9-10(2)11-5-7-12(8-6-11)16(17,18)19/h5-8,10H,4,9H2,1-3H3,(H,20,21)(H,22,23). The lowest BCUT2D eigenvalue weighted by atomic mass is 9.94. The summed E-state index contributed by atoms with van der Waals surface area (Å²) in [5.41, 5.74) is -1.51. The third-order valence-electron chi connectivity index (χ3n) is 3.89. The van der Waals surface area contributed by atoms with Gasteiger partial charge in [0, 0.05) is 6.42 Å². The van der Waals surface area contributed by atoms with Crippen LogP contribution >= 0.6 is 0 Å². The lowest BCUT2D eigenvalue weighted by Gasteiger charge is -2.25. The number of aliphatic carboxylic acids is 1. The molecule has 4 nitrogen and oxygen atoms in total. The monoisotopic (exact) mass is 331 g/mol. The van der Waals surface area contributed by atoms with Crippen LogP contribution in [0.5, 0.6) is 0 Å². The Morgan fingerprint density at radius 3 is 2.13 bits per heavy atom. The van der Waals surface area contributed by atoms with E-state index in [1.807, 2.05) is 0 Å². The number of halogens is 3. The number of hydrogen-bond acceptors (Lipinski definition) is 2. The van der Waals surface area contributed by atoms with E-state index in [1.54, 1.807) is 13.8 Å². The largest absolute Gasteiger partial charge is 0.480 e. The van der Waals surface area contributed by atoms with E-state index in [0.29, 0.717) is 5.56 Å². The number of rotatable bonds is 6. The molecule has 2 unspecified atom stereocenters. The molecule has 0 bridgehead atoms. The fraction of sp³-hybridized carbons (Fsp3) is 0.500. The fourth-order valence-corrected chi connectivity index (χ4v) is 2.05. The molecule has 23 heavy (non-hydrogen) atoms. The summed E-state index contributed by atoms with van der Waals surface area (Å²) >= 11 is 0. The van der Waals surface area contributed by atoms with E-state index >= 15 is 0 Å². The van der Waals surface area contributed by atoms with Gasteiger partial charge in [-0.25, -0.2) is 4.79 Å². The molecule has 7 heteroatoms. The summed E-state index contributed by atoms with van der Waals surface area (Å²) in [6.07, 6.45) is -4.18. The third kappa shape index (κ3) is 4.97. The van der Waals surface area contributed by atoms with Crippen LogP contribution in [0.15, 0.2) is 24.3 Å². The van der Waals surface area contributed by atoms with Gasteiger partial charge < -0.3 is 10.4 Å². The van der Waals surface area contributed by atoms with E-state index in [1.165, 1.54) is 19.1 Å². The maximum Gasteiger partial charge on any atom is 0.416 e. The molecule has 128 valence electrons. The molecular weight excluding hydrogens is 311 g/mol. The van der Waals surface area contributed by atoms with Crippen LogP contribution in [0.2, 0.25) is 0 Å². The summed E-state index contributed by atoms with van der Waals surface area (Å²) in [7, 11) is 0. The van der Waals surface area contributed by atoms with Gasteiger partial charge in [0.1, 0.15) is 5.54 Å². The van der Waals surface area contributed by atoms with Crippen LogP contribution in [0.1, 0.15) is 50.7 Å². The normalized spacial score (nSPS) is 15.6. The van der Waals surface area contributed by atoms with E-state index in [9.17, 15) is 22.8 Å². The second-order valence-electron chi connectivity index (χ2n) is 5.76. The summed E-state index contributed by atoms with van der Waals surface area (Å²) in [6, 6.07) is 4.60. The number of carboxylic acid groups (broad SMARTS) is 1. The van der Waals surface area contributed by atoms with E-state index in [2.05, 4.69) is 5.32 Å². The minimum atomic E-state index is -4.40. The van der Waals surface area contributed by atoms with Gasteiger partial charge in [0.2, 0.25) is 5.91 Å². The number of alkyl halides is 3. The van der Waals surface area contributed by atoms with Gasteiger partial charge in [0.15, 0.2) is 0 Å². The Bertz CT molecular complexity index is 569. The summed E-state index contributed by atoms with van der Waals surface area (Å²) in [5.74, 6) is -1.91. The molecule has 1 aromatic rings. The minimum Gasteiger partial charge on any atom is -0.480 e. The van der Waals surface area contributed by atoms with Gasteiger partial charge in [-0.05, 0) is 37.0 Å². The van der Waals surface area contributed by atoms with E-state index in [0.717, 1.165) is 12.1 Å². The van der Waals surface area contributed by atoms with Crippen molar-refractivity contribution in [1.29, 1.82) is 0 Å². The van der Waals surface area contributed by atoms with Crippen molar-refractivity contribution < 1.29 is 27.9 Å². The van der Waals surface area contributed by atoms with Crippen molar-refractivity contribution in [3.63, 3.8) is 0 Å². The van der Waals surface area contributed by atoms with Gasteiger partial charge in [-0.2, -0.15) is 13.2 Å². The van der Waals surface area contributed by atoms with Crippen molar-refractivity contribution in [3.8, 4) is 0 Å². The first-order valence-electron chi connectivity index (χ1n) is 7.21. The zero-order valence-corrected chi connectivity index (χ0v) is 13.2. The number of carboxylic acids is 1. The number of nitrogens with one attached hydrogen (secondary N) is 1. The highest BCUT2D eigenvalue weighted by Crippen LogP contribution is 2.30. The second kappa shape index (κ2) is 7.02. The van der Waals surface area contributed by atoms with Crippen LogP contribution in [0.3, 0.4) is 0 Å². The molecule has 0 heterocycles. The Labute approximate surface area is 132 Å². The lowest BCUT2D eigenvalue weighted by molar-refractivity contribution is -0.147. The predicted molar refractivity (Wildman–Crippen MR) is 79.0 cm³/mol. The predicted octanol–water partition coefficient (Wildman–Crippen LogP) is 3.57. The Morgan fingerprint density at radius 1 is 1.22 bits per heavy atom. The SMILES string of the molecule is CCC(C)(NC(=O)CC(C)c1ccc(C(F)(F)F)cc1)C(=O)O. The Balaban J connectivity index is 2.74. The number of amides is 1. The molecule has 0 fully saturated rings. The van der Waals surface area contributed by atoms with Crippen molar-refractivity contribution >= 4 is 11.9 Å². The number of hydrogen-bond donors (Lipinski definition) is 2. The molecule has 0 aliphatic rings. The van der Waals surface area contributed by atoms with E-state index in [-0.39, 0.29) is 18.8 Å². The van der Waals surface area contributed by atoms with Crippen LogP contribution in [-0.4, -0.2) is 22.5 Å². The van der Waals surface area contributed by atoms with Crippen molar-refractivity contribution in [1.82, 2.24) is 5.32 Å². The molecule has 1 rings (SSSR count). The zero-order chi connectivity index (χ0) is 17.8. The average molecular weight is 331 g/mol. The van der Waals surface area contributed by atoms with Gasteiger partial charge in [-0.1, -0.05) is 26.0 Å². The number of carbonyl (C=O) groups is 2. The zero-order valence-electron chi connectivity index (χ0n) is 13.2. The molecule has 0 radical (unpaired) electrons. The smallest absolute Gasteiger partial charge is 0.416 e. The molecule has 0 aliphatic carbocycles. The highest BCUT2D eigenvalue weighted by atomic mass is 19.4. The molecule has 2 atom stereocenters. The summed E-state index contributed by atoms with van der Waals surface area (Å²) in [5, 5.41) is 11.6. The quantitative estimate of drug-likeness (QED) is 0.837. The Hall–Kier alpha value is -2.05. The number of benzene rings is 1. The van der Waals surface area contributed by atoms with Crippen molar-refractivity contribution in [3.05, 3.63) is 35.4 Å².